The number of hydrogen-bond acceptors (Lipinski definition) is 4. The lowest BCUT2D eigenvalue weighted by Crippen LogP contribution is -2.45. The molecule has 3 N–H and O–H groups in total. The van der Waals surface area contributed by atoms with Gasteiger partial charge in [0.1, 0.15) is 11.0 Å². The summed E-state index contributed by atoms with van der Waals surface area (Å²) in [6.45, 7) is 5.07. The SMILES string of the molecule is Cc1csc(C(C)NC(=O)N[C@H](C)C(=O)O)n1. The molecular weight excluding hydrogens is 242 g/mol. The van der Waals surface area contributed by atoms with Crippen molar-refractivity contribution in [3.8, 4) is 0 Å². The van der Waals surface area contributed by atoms with Crippen LogP contribution in [0.5, 0.6) is 0 Å². The smallest absolute Gasteiger partial charge is 0.325 e. The van der Waals surface area contributed by atoms with Gasteiger partial charge in [0.2, 0.25) is 0 Å². The normalized spacial score (nSPS) is 13.8. The zero-order valence-corrected chi connectivity index (χ0v) is 10.7. The fourth-order valence-corrected chi connectivity index (χ4v) is 1.93. The maximum Gasteiger partial charge on any atom is 0.325 e. The van der Waals surface area contributed by atoms with E-state index in [0.29, 0.717) is 0 Å². The van der Waals surface area contributed by atoms with E-state index in [-0.39, 0.29) is 6.04 Å². The van der Waals surface area contributed by atoms with Gasteiger partial charge in [0.15, 0.2) is 0 Å². The number of aromatic nitrogens is 1. The highest BCUT2D eigenvalue weighted by Crippen LogP contribution is 2.16. The lowest BCUT2D eigenvalue weighted by Gasteiger charge is -2.14. The topological polar surface area (TPSA) is 91.3 Å². The minimum atomic E-state index is -1.07. The molecule has 17 heavy (non-hydrogen) atoms. The number of carbonyl (C=O) groups is 2. The van der Waals surface area contributed by atoms with Gasteiger partial charge in [-0.05, 0) is 20.8 Å². The maximum absolute atomic E-state index is 11.4. The first kappa shape index (κ1) is 13.4. The molecule has 2 amide bonds. The molecule has 6 nitrogen and oxygen atoms in total. The number of hydrogen-bond donors (Lipinski definition) is 3. The number of rotatable bonds is 4. The summed E-state index contributed by atoms with van der Waals surface area (Å²) in [5, 5.41) is 16.3. The van der Waals surface area contributed by atoms with Crippen LogP contribution >= 0.6 is 11.3 Å². The number of aliphatic carboxylic acids is 1. The molecule has 1 aromatic heterocycles. The third-order valence-electron chi connectivity index (χ3n) is 2.07. The molecule has 0 aliphatic carbocycles. The van der Waals surface area contributed by atoms with Gasteiger partial charge in [-0.1, -0.05) is 0 Å². The molecule has 2 atom stereocenters. The Morgan fingerprint density at radius 1 is 1.41 bits per heavy atom. The van der Waals surface area contributed by atoms with Gasteiger partial charge in [-0.25, -0.2) is 9.78 Å². The molecular formula is C10H15N3O3S. The molecule has 0 aliphatic rings. The minimum absolute atomic E-state index is 0.241. The Morgan fingerprint density at radius 2 is 2.06 bits per heavy atom. The maximum atomic E-state index is 11.4. The largest absolute Gasteiger partial charge is 0.480 e. The highest BCUT2D eigenvalue weighted by molar-refractivity contribution is 7.09. The number of amides is 2. The first-order valence-corrected chi connectivity index (χ1v) is 6.00. The summed E-state index contributed by atoms with van der Waals surface area (Å²) in [5.74, 6) is -1.07. The van der Waals surface area contributed by atoms with Gasteiger partial charge in [-0.3, -0.25) is 4.79 Å². The Hall–Kier alpha value is -1.63. The molecule has 0 aromatic carbocycles. The Morgan fingerprint density at radius 3 is 2.53 bits per heavy atom. The molecule has 0 radical (unpaired) electrons. The van der Waals surface area contributed by atoms with Gasteiger partial charge in [-0.15, -0.1) is 11.3 Å². The lowest BCUT2D eigenvalue weighted by atomic mass is 10.3. The van der Waals surface area contributed by atoms with Crippen LogP contribution in [0.1, 0.15) is 30.6 Å². The Kier molecular flexibility index (Phi) is 4.45. The van der Waals surface area contributed by atoms with Gasteiger partial charge in [0, 0.05) is 11.1 Å². The second-order valence-corrected chi connectivity index (χ2v) is 4.62. The van der Waals surface area contributed by atoms with E-state index in [0.717, 1.165) is 10.7 Å². The summed E-state index contributed by atoms with van der Waals surface area (Å²) < 4.78 is 0. The molecule has 7 heteroatoms. The predicted molar refractivity (Wildman–Crippen MR) is 64.0 cm³/mol. The van der Waals surface area contributed by atoms with Gasteiger partial charge in [-0.2, -0.15) is 0 Å². The van der Waals surface area contributed by atoms with E-state index in [9.17, 15) is 9.59 Å². The van der Waals surface area contributed by atoms with E-state index >= 15 is 0 Å². The van der Waals surface area contributed by atoms with Crippen LogP contribution in [0.3, 0.4) is 0 Å². The summed E-state index contributed by atoms with van der Waals surface area (Å²) in [5.41, 5.74) is 0.901. The quantitative estimate of drug-likeness (QED) is 0.757. The molecule has 0 fully saturated rings. The van der Waals surface area contributed by atoms with Crippen LogP contribution in [0.4, 0.5) is 4.79 Å². The summed E-state index contributed by atoms with van der Waals surface area (Å²) in [6.07, 6.45) is 0. The van der Waals surface area contributed by atoms with Crippen LogP contribution in [-0.2, 0) is 4.79 Å². The first-order chi connectivity index (χ1) is 7.90. The minimum Gasteiger partial charge on any atom is -0.480 e. The van der Waals surface area contributed by atoms with Crippen molar-refractivity contribution in [2.45, 2.75) is 32.9 Å². The van der Waals surface area contributed by atoms with Crippen molar-refractivity contribution in [3.63, 3.8) is 0 Å². The van der Waals surface area contributed by atoms with Crippen molar-refractivity contribution in [2.75, 3.05) is 0 Å². The van der Waals surface area contributed by atoms with Crippen molar-refractivity contribution in [3.05, 3.63) is 16.1 Å². The number of carbonyl (C=O) groups excluding carboxylic acids is 1. The third-order valence-corrected chi connectivity index (χ3v) is 3.22. The molecule has 1 heterocycles. The summed E-state index contributed by atoms with van der Waals surface area (Å²) in [6, 6.07) is -1.67. The van der Waals surface area contributed by atoms with Crippen LogP contribution in [0.2, 0.25) is 0 Å². The summed E-state index contributed by atoms with van der Waals surface area (Å²) >= 11 is 1.45. The van der Waals surface area contributed by atoms with E-state index in [2.05, 4.69) is 15.6 Å². The number of nitrogens with zero attached hydrogens (tertiary/aromatic N) is 1. The van der Waals surface area contributed by atoms with Crippen molar-refractivity contribution in [2.24, 2.45) is 0 Å². The molecule has 0 saturated carbocycles. The van der Waals surface area contributed by atoms with Crippen LogP contribution in [0.25, 0.3) is 0 Å². The molecule has 0 spiro atoms. The second kappa shape index (κ2) is 5.62. The summed E-state index contributed by atoms with van der Waals surface area (Å²) in [4.78, 5) is 26.2. The highest BCUT2D eigenvalue weighted by Gasteiger charge is 2.17. The number of carboxylic acids is 1. The van der Waals surface area contributed by atoms with Crippen LogP contribution in [0, 0.1) is 6.92 Å². The van der Waals surface area contributed by atoms with Crippen LogP contribution in [0.15, 0.2) is 5.38 Å². The molecule has 1 unspecified atom stereocenters. The van der Waals surface area contributed by atoms with E-state index in [4.69, 9.17) is 5.11 Å². The first-order valence-electron chi connectivity index (χ1n) is 5.12. The third kappa shape index (κ3) is 4.03. The van der Waals surface area contributed by atoms with Crippen molar-refractivity contribution in [1.29, 1.82) is 0 Å². The number of carboxylic acid groups (broad SMARTS) is 1. The average molecular weight is 257 g/mol. The van der Waals surface area contributed by atoms with Crippen LogP contribution < -0.4 is 10.6 Å². The molecule has 0 aliphatic heterocycles. The molecule has 0 bridgehead atoms. The van der Waals surface area contributed by atoms with Crippen molar-refractivity contribution < 1.29 is 14.7 Å². The average Bonchev–Trinajstić information content (AvgIpc) is 2.64. The number of urea groups is 1. The number of thiazole rings is 1. The standard InChI is InChI=1S/C10H15N3O3S/c1-5-4-17-8(11-5)6(2)12-10(16)13-7(3)9(14)15/h4,6-7H,1-3H3,(H,14,15)(H2,12,13,16)/t6?,7-/m1/s1. The number of aryl methyl sites for hydroxylation is 1. The van der Waals surface area contributed by atoms with Gasteiger partial charge in [0.05, 0.1) is 6.04 Å². The summed E-state index contributed by atoms with van der Waals surface area (Å²) in [7, 11) is 0. The fourth-order valence-electron chi connectivity index (χ4n) is 1.13. The Labute approximate surface area is 103 Å². The predicted octanol–water partition coefficient (Wildman–Crippen LogP) is 1.28. The van der Waals surface area contributed by atoms with Gasteiger partial charge >= 0.3 is 12.0 Å². The van der Waals surface area contributed by atoms with E-state index in [1.165, 1.54) is 18.3 Å². The molecule has 1 rings (SSSR count). The molecule has 94 valence electrons. The highest BCUT2D eigenvalue weighted by atomic mass is 32.1. The van der Waals surface area contributed by atoms with E-state index in [1.807, 2.05) is 12.3 Å². The lowest BCUT2D eigenvalue weighted by molar-refractivity contribution is -0.138. The Bertz CT molecular complexity index is 419. The van der Waals surface area contributed by atoms with Gasteiger partial charge < -0.3 is 15.7 Å². The second-order valence-electron chi connectivity index (χ2n) is 3.73. The zero-order chi connectivity index (χ0) is 13.0. The van der Waals surface area contributed by atoms with Crippen molar-refractivity contribution in [1.82, 2.24) is 15.6 Å². The van der Waals surface area contributed by atoms with E-state index in [1.54, 1.807) is 6.92 Å². The fraction of sp³-hybridized carbons (Fsp3) is 0.500. The Balaban J connectivity index is 2.49. The van der Waals surface area contributed by atoms with Crippen molar-refractivity contribution >= 4 is 23.3 Å². The monoisotopic (exact) mass is 257 g/mol. The molecule has 0 saturated heterocycles. The van der Waals surface area contributed by atoms with E-state index < -0.39 is 18.0 Å². The number of nitrogens with one attached hydrogen (secondary N) is 2. The zero-order valence-electron chi connectivity index (χ0n) is 9.85. The molecule has 1 aromatic rings. The van der Waals surface area contributed by atoms with Gasteiger partial charge in [0.25, 0.3) is 0 Å². The van der Waals surface area contributed by atoms with Crippen LogP contribution in [-0.4, -0.2) is 28.1 Å².